The summed E-state index contributed by atoms with van der Waals surface area (Å²) in [6, 6.07) is 3.43. The van der Waals surface area contributed by atoms with Gasteiger partial charge in [0.05, 0.1) is 11.4 Å². The van der Waals surface area contributed by atoms with E-state index in [2.05, 4.69) is 20.7 Å². The van der Waals surface area contributed by atoms with E-state index in [-0.39, 0.29) is 5.75 Å². The van der Waals surface area contributed by atoms with Crippen molar-refractivity contribution < 1.29 is 8.42 Å². The number of halogens is 1. The summed E-state index contributed by atoms with van der Waals surface area (Å²) in [5, 5.41) is 0. The number of anilines is 2. The van der Waals surface area contributed by atoms with Gasteiger partial charge in [0.1, 0.15) is 0 Å². The second-order valence-electron chi connectivity index (χ2n) is 4.79. The standard InChI is InChI=1S/C12H19BrN2O2S/c1-8(2)4-5-18(16,17)15-12-7-11(14)9(3)6-10(12)13/h6-8,15H,4-5,14H2,1-3H3. The minimum absolute atomic E-state index is 0.116. The van der Waals surface area contributed by atoms with Crippen molar-refractivity contribution in [3.05, 3.63) is 22.2 Å². The van der Waals surface area contributed by atoms with Crippen molar-refractivity contribution in [1.29, 1.82) is 0 Å². The van der Waals surface area contributed by atoms with Gasteiger partial charge in [0.2, 0.25) is 10.0 Å². The van der Waals surface area contributed by atoms with Crippen molar-refractivity contribution in [2.75, 3.05) is 16.2 Å². The second-order valence-corrected chi connectivity index (χ2v) is 7.49. The number of aryl methyl sites for hydroxylation is 1. The van der Waals surface area contributed by atoms with E-state index in [4.69, 9.17) is 5.73 Å². The van der Waals surface area contributed by atoms with Gasteiger partial charge >= 0.3 is 0 Å². The summed E-state index contributed by atoms with van der Waals surface area (Å²) in [7, 11) is -3.32. The summed E-state index contributed by atoms with van der Waals surface area (Å²) >= 11 is 3.33. The number of nitrogens with one attached hydrogen (secondary N) is 1. The molecule has 1 aromatic carbocycles. The molecule has 18 heavy (non-hydrogen) atoms. The Bertz CT molecular complexity index is 527. The van der Waals surface area contributed by atoms with Crippen LogP contribution in [-0.4, -0.2) is 14.2 Å². The highest BCUT2D eigenvalue weighted by molar-refractivity contribution is 9.10. The van der Waals surface area contributed by atoms with Crippen molar-refractivity contribution >= 4 is 37.3 Å². The molecule has 0 radical (unpaired) electrons. The highest BCUT2D eigenvalue weighted by Gasteiger charge is 2.14. The molecule has 102 valence electrons. The Hall–Kier alpha value is -0.750. The molecule has 0 heterocycles. The summed E-state index contributed by atoms with van der Waals surface area (Å²) < 4.78 is 27.0. The molecule has 0 aliphatic carbocycles. The van der Waals surface area contributed by atoms with E-state index in [1.807, 2.05) is 20.8 Å². The van der Waals surface area contributed by atoms with Crippen LogP contribution in [0.2, 0.25) is 0 Å². The van der Waals surface area contributed by atoms with Crippen molar-refractivity contribution in [1.82, 2.24) is 0 Å². The number of rotatable bonds is 5. The van der Waals surface area contributed by atoms with Gasteiger partial charge in [-0.05, 0) is 52.9 Å². The number of sulfonamides is 1. The molecular formula is C12H19BrN2O2S. The molecule has 0 unspecified atom stereocenters. The van der Waals surface area contributed by atoms with E-state index < -0.39 is 10.0 Å². The fourth-order valence-corrected chi connectivity index (χ4v) is 3.45. The van der Waals surface area contributed by atoms with Gasteiger partial charge in [0.15, 0.2) is 0 Å². The molecular weight excluding hydrogens is 316 g/mol. The van der Waals surface area contributed by atoms with E-state index in [1.54, 1.807) is 12.1 Å². The first kappa shape index (κ1) is 15.3. The lowest BCUT2D eigenvalue weighted by Crippen LogP contribution is -2.18. The lowest BCUT2D eigenvalue weighted by atomic mass is 10.2. The molecule has 0 bridgehead atoms. The Morgan fingerprint density at radius 3 is 2.56 bits per heavy atom. The fraction of sp³-hybridized carbons (Fsp3) is 0.500. The van der Waals surface area contributed by atoms with Gasteiger partial charge in [-0.15, -0.1) is 0 Å². The number of hydrogen-bond donors (Lipinski definition) is 2. The van der Waals surface area contributed by atoms with Crippen LogP contribution in [0.5, 0.6) is 0 Å². The quantitative estimate of drug-likeness (QED) is 0.812. The van der Waals surface area contributed by atoms with Crippen LogP contribution in [0.1, 0.15) is 25.8 Å². The maximum atomic E-state index is 11.9. The molecule has 0 aliphatic heterocycles. The minimum atomic E-state index is -3.32. The Balaban J connectivity index is 2.87. The third kappa shape index (κ3) is 4.49. The molecule has 0 saturated heterocycles. The average molecular weight is 335 g/mol. The Morgan fingerprint density at radius 2 is 2.00 bits per heavy atom. The van der Waals surface area contributed by atoms with E-state index in [0.29, 0.717) is 28.2 Å². The first-order valence-electron chi connectivity index (χ1n) is 5.77. The summed E-state index contributed by atoms with van der Waals surface area (Å²) in [4.78, 5) is 0. The van der Waals surface area contributed by atoms with Crippen LogP contribution in [-0.2, 0) is 10.0 Å². The van der Waals surface area contributed by atoms with Crippen LogP contribution in [0.15, 0.2) is 16.6 Å². The zero-order valence-electron chi connectivity index (χ0n) is 10.8. The zero-order valence-corrected chi connectivity index (χ0v) is 13.2. The predicted octanol–water partition coefficient (Wildman–Crippen LogP) is 3.13. The van der Waals surface area contributed by atoms with Crippen molar-refractivity contribution in [2.24, 2.45) is 5.92 Å². The monoisotopic (exact) mass is 334 g/mol. The number of nitrogens with two attached hydrogens (primary N) is 1. The summed E-state index contributed by atoms with van der Waals surface area (Å²) in [5.74, 6) is 0.471. The van der Waals surface area contributed by atoms with Crippen LogP contribution in [0, 0.1) is 12.8 Å². The normalized spacial score (nSPS) is 11.8. The smallest absolute Gasteiger partial charge is 0.232 e. The van der Waals surface area contributed by atoms with Gasteiger partial charge in [-0.1, -0.05) is 13.8 Å². The van der Waals surface area contributed by atoms with Gasteiger partial charge < -0.3 is 5.73 Å². The maximum Gasteiger partial charge on any atom is 0.232 e. The molecule has 0 aromatic heterocycles. The van der Waals surface area contributed by atoms with Gasteiger partial charge in [-0.25, -0.2) is 8.42 Å². The van der Waals surface area contributed by atoms with Gasteiger partial charge in [-0.2, -0.15) is 0 Å². The number of benzene rings is 1. The SMILES string of the molecule is Cc1cc(Br)c(NS(=O)(=O)CCC(C)C)cc1N. The van der Waals surface area contributed by atoms with E-state index in [9.17, 15) is 8.42 Å². The molecule has 1 aromatic rings. The first-order chi connectivity index (χ1) is 8.21. The highest BCUT2D eigenvalue weighted by Crippen LogP contribution is 2.28. The van der Waals surface area contributed by atoms with Crippen molar-refractivity contribution in [3.8, 4) is 0 Å². The van der Waals surface area contributed by atoms with Gasteiger partial charge in [0, 0.05) is 10.2 Å². The molecule has 0 saturated carbocycles. The Morgan fingerprint density at radius 1 is 1.39 bits per heavy atom. The van der Waals surface area contributed by atoms with E-state index in [0.717, 1.165) is 5.56 Å². The molecule has 4 nitrogen and oxygen atoms in total. The topological polar surface area (TPSA) is 72.2 Å². The molecule has 0 amide bonds. The summed E-state index contributed by atoms with van der Waals surface area (Å²) in [6.07, 6.45) is 0.633. The predicted molar refractivity (Wildman–Crippen MR) is 80.2 cm³/mol. The summed E-state index contributed by atoms with van der Waals surface area (Å²) in [5.41, 5.74) is 7.74. The number of hydrogen-bond acceptors (Lipinski definition) is 3. The maximum absolute atomic E-state index is 11.9. The van der Waals surface area contributed by atoms with Gasteiger partial charge in [-0.3, -0.25) is 4.72 Å². The molecule has 0 atom stereocenters. The average Bonchev–Trinajstić information content (AvgIpc) is 2.23. The van der Waals surface area contributed by atoms with E-state index >= 15 is 0 Å². The fourth-order valence-electron chi connectivity index (χ4n) is 1.38. The minimum Gasteiger partial charge on any atom is -0.398 e. The second kappa shape index (κ2) is 5.93. The number of nitrogen functional groups attached to an aromatic ring is 1. The van der Waals surface area contributed by atoms with Crippen LogP contribution in [0.3, 0.4) is 0 Å². The van der Waals surface area contributed by atoms with Gasteiger partial charge in [0.25, 0.3) is 0 Å². The molecule has 6 heteroatoms. The highest BCUT2D eigenvalue weighted by atomic mass is 79.9. The zero-order chi connectivity index (χ0) is 13.9. The Kier molecular flexibility index (Phi) is 5.04. The first-order valence-corrected chi connectivity index (χ1v) is 8.22. The molecule has 0 spiro atoms. The largest absolute Gasteiger partial charge is 0.398 e. The molecule has 1 rings (SSSR count). The van der Waals surface area contributed by atoms with Crippen LogP contribution < -0.4 is 10.5 Å². The molecule has 3 N–H and O–H groups in total. The third-order valence-corrected chi connectivity index (χ3v) is 4.55. The van der Waals surface area contributed by atoms with Crippen LogP contribution >= 0.6 is 15.9 Å². The summed E-state index contributed by atoms with van der Waals surface area (Å²) in [6.45, 7) is 5.86. The Labute approximate surface area is 117 Å². The lowest BCUT2D eigenvalue weighted by molar-refractivity contribution is 0.578. The lowest BCUT2D eigenvalue weighted by Gasteiger charge is -2.12. The van der Waals surface area contributed by atoms with E-state index in [1.165, 1.54) is 0 Å². The third-order valence-electron chi connectivity index (χ3n) is 2.59. The van der Waals surface area contributed by atoms with Crippen LogP contribution in [0.4, 0.5) is 11.4 Å². The molecule has 0 aliphatic rings. The van der Waals surface area contributed by atoms with Crippen molar-refractivity contribution in [3.63, 3.8) is 0 Å². The van der Waals surface area contributed by atoms with Crippen LogP contribution in [0.25, 0.3) is 0 Å². The molecule has 0 fully saturated rings. The van der Waals surface area contributed by atoms with Crippen molar-refractivity contribution in [2.45, 2.75) is 27.2 Å².